The molecule has 1 N–H and O–H groups in total. The van der Waals surface area contributed by atoms with Crippen molar-refractivity contribution in [3.05, 3.63) is 42.2 Å². The van der Waals surface area contributed by atoms with Gasteiger partial charge in [0, 0.05) is 6.04 Å². The van der Waals surface area contributed by atoms with Gasteiger partial charge in [-0.25, -0.2) is 13.1 Å². The summed E-state index contributed by atoms with van der Waals surface area (Å²) in [6.07, 6.45) is 2.38. The van der Waals surface area contributed by atoms with E-state index < -0.39 is 14.6 Å². The number of nitrogens with zero attached hydrogens (tertiary/aromatic N) is 3. The first kappa shape index (κ1) is 16.6. The second-order valence-electron chi connectivity index (χ2n) is 6.63. The fourth-order valence-electron chi connectivity index (χ4n) is 2.85. The van der Waals surface area contributed by atoms with Crippen molar-refractivity contribution >= 4 is 15.7 Å². The van der Waals surface area contributed by atoms with Crippen LogP contribution in [0, 0.1) is 0 Å². The summed E-state index contributed by atoms with van der Waals surface area (Å²) in [6, 6.07) is 9.20. The van der Waals surface area contributed by atoms with Crippen LogP contribution >= 0.6 is 0 Å². The van der Waals surface area contributed by atoms with Crippen LogP contribution < -0.4 is 5.32 Å². The van der Waals surface area contributed by atoms with Crippen molar-refractivity contribution in [3.8, 4) is 5.69 Å². The summed E-state index contributed by atoms with van der Waals surface area (Å²) < 4.78 is 24.8. The number of amides is 1. The maximum atomic E-state index is 12.4. The highest BCUT2D eigenvalue weighted by Gasteiger charge is 2.41. The van der Waals surface area contributed by atoms with Gasteiger partial charge in [0.15, 0.2) is 15.5 Å². The van der Waals surface area contributed by atoms with Crippen molar-refractivity contribution < 1.29 is 13.2 Å². The van der Waals surface area contributed by atoms with Crippen LogP contribution in [-0.4, -0.2) is 45.9 Å². The fourth-order valence-corrected chi connectivity index (χ4v) is 4.46. The third-order valence-electron chi connectivity index (χ3n) is 4.40. The molecule has 24 heavy (non-hydrogen) atoms. The maximum absolute atomic E-state index is 12.4. The van der Waals surface area contributed by atoms with E-state index in [4.69, 9.17) is 0 Å². The van der Waals surface area contributed by atoms with E-state index in [-0.39, 0.29) is 23.4 Å². The van der Waals surface area contributed by atoms with E-state index in [9.17, 15) is 13.2 Å². The second-order valence-corrected chi connectivity index (χ2v) is 9.37. The molecule has 2 aromatic rings. The Morgan fingerprint density at radius 3 is 2.67 bits per heavy atom. The Hall–Kier alpha value is -2.22. The minimum atomic E-state index is -3.11. The topological polar surface area (TPSA) is 93.9 Å². The smallest absolute Gasteiger partial charge is 0.273 e. The number of hydrogen-bond donors (Lipinski definition) is 1. The van der Waals surface area contributed by atoms with Crippen molar-refractivity contribution in [1.29, 1.82) is 0 Å². The van der Waals surface area contributed by atoms with Crippen molar-refractivity contribution in [2.24, 2.45) is 0 Å². The van der Waals surface area contributed by atoms with Gasteiger partial charge in [0.1, 0.15) is 0 Å². The van der Waals surface area contributed by atoms with Crippen LogP contribution in [0.3, 0.4) is 0 Å². The molecule has 2 heterocycles. The van der Waals surface area contributed by atoms with Crippen LogP contribution in [0.15, 0.2) is 36.5 Å². The summed E-state index contributed by atoms with van der Waals surface area (Å²) in [5.74, 6) is -0.251. The molecule has 1 fully saturated rings. The first-order valence-corrected chi connectivity index (χ1v) is 9.45. The summed E-state index contributed by atoms with van der Waals surface area (Å²) in [7, 11) is -3.11. The highest BCUT2D eigenvalue weighted by Crippen LogP contribution is 2.30. The summed E-state index contributed by atoms with van der Waals surface area (Å²) in [4.78, 5) is 12.4. The molecule has 1 aromatic heterocycles. The number of benzene rings is 1. The molecule has 1 aromatic carbocycles. The van der Waals surface area contributed by atoms with Gasteiger partial charge in [-0.2, -0.15) is 0 Å². The molecule has 1 saturated heterocycles. The Balaban J connectivity index is 1.69. The van der Waals surface area contributed by atoms with E-state index in [2.05, 4.69) is 15.6 Å². The lowest BCUT2D eigenvalue weighted by Crippen LogP contribution is -2.49. The molecule has 1 amide bonds. The second kappa shape index (κ2) is 6.01. The normalized spacial score (nSPS) is 22.0. The summed E-state index contributed by atoms with van der Waals surface area (Å²) >= 11 is 0. The Morgan fingerprint density at radius 1 is 1.29 bits per heavy atom. The number of sulfone groups is 1. The van der Waals surface area contributed by atoms with E-state index in [1.807, 2.05) is 30.3 Å². The lowest BCUT2D eigenvalue weighted by molar-refractivity contribution is 0.0925. The summed E-state index contributed by atoms with van der Waals surface area (Å²) in [5.41, 5.74) is 1.03. The zero-order valence-electron chi connectivity index (χ0n) is 13.6. The van der Waals surface area contributed by atoms with Crippen LogP contribution in [0.1, 0.15) is 37.2 Å². The fraction of sp³-hybridized carbons (Fsp3) is 0.438. The van der Waals surface area contributed by atoms with Crippen molar-refractivity contribution in [2.75, 3.05) is 5.75 Å². The molecule has 8 heteroatoms. The third-order valence-corrected chi connectivity index (χ3v) is 7.02. The SMILES string of the molecule is CC1(C)CC(NC(=O)c2cn(-c3ccccc3)nn2)CCS1(=O)=O. The van der Waals surface area contributed by atoms with Gasteiger partial charge in [-0.1, -0.05) is 23.4 Å². The zero-order valence-corrected chi connectivity index (χ0v) is 14.5. The molecule has 1 aliphatic rings. The predicted molar refractivity (Wildman–Crippen MR) is 89.7 cm³/mol. The highest BCUT2D eigenvalue weighted by molar-refractivity contribution is 7.92. The number of carbonyl (C=O) groups excluding carboxylic acids is 1. The molecule has 0 spiro atoms. The van der Waals surface area contributed by atoms with Gasteiger partial charge in [0.05, 0.1) is 22.4 Å². The van der Waals surface area contributed by atoms with Gasteiger partial charge < -0.3 is 5.32 Å². The lowest BCUT2D eigenvalue weighted by Gasteiger charge is -2.35. The third kappa shape index (κ3) is 3.19. The van der Waals surface area contributed by atoms with Gasteiger partial charge in [-0.05, 0) is 38.8 Å². The molecule has 0 saturated carbocycles. The molecular weight excluding hydrogens is 328 g/mol. The van der Waals surface area contributed by atoms with Gasteiger partial charge >= 0.3 is 0 Å². The number of aromatic nitrogens is 3. The summed E-state index contributed by atoms with van der Waals surface area (Å²) in [5, 5.41) is 10.7. The predicted octanol–water partition coefficient (Wildman–Crippen LogP) is 1.35. The first-order chi connectivity index (χ1) is 11.3. The van der Waals surface area contributed by atoms with Gasteiger partial charge in [-0.15, -0.1) is 5.10 Å². The molecule has 1 atom stereocenters. The van der Waals surface area contributed by atoms with Crippen LogP contribution in [0.25, 0.3) is 5.69 Å². The summed E-state index contributed by atoms with van der Waals surface area (Å²) in [6.45, 7) is 3.40. The molecule has 0 radical (unpaired) electrons. The molecule has 0 aliphatic carbocycles. The van der Waals surface area contributed by atoms with Gasteiger partial charge in [0.2, 0.25) is 0 Å². The van der Waals surface area contributed by atoms with Gasteiger partial charge in [0.25, 0.3) is 5.91 Å². The molecule has 128 valence electrons. The van der Waals surface area contributed by atoms with Gasteiger partial charge in [-0.3, -0.25) is 4.79 Å². The average molecular weight is 348 g/mol. The monoisotopic (exact) mass is 348 g/mol. The number of nitrogens with one attached hydrogen (secondary N) is 1. The van der Waals surface area contributed by atoms with Crippen LogP contribution in [-0.2, 0) is 9.84 Å². The standard InChI is InChI=1S/C16H20N4O3S/c1-16(2)10-12(8-9-24(16,22)23)17-15(21)14-11-20(19-18-14)13-6-4-3-5-7-13/h3-7,11-12H,8-10H2,1-2H3,(H,17,21). The number of rotatable bonds is 3. The molecule has 0 bridgehead atoms. The number of hydrogen-bond acceptors (Lipinski definition) is 5. The molecule has 7 nitrogen and oxygen atoms in total. The average Bonchev–Trinajstić information content (AvgIpc) is 3.02. The zero-order chi connectivity index (χ0) is 17.4. The van der Waals surface area contributed by atoms with Crippen molar-refractivity contribution in [2.45, 2.75) is 37.5 Å². The molecule has 1 aliphatic heterocycles. The minimum absolute atomic E-state index is 0.0850. The van der Waals surface area contributed by atoms with E-state index in [0.29, 0.717) is 12.8 Å². The van der Waals surface area contributed by atoms with E-state index >= 15 is 0 Å². The Morgan fingerprint density at radius 2 is 2.00 bits per heavy atom. The number of carbonyl (C=O) groups is 1. The maximum Gasteiger partial charge on any atom is 0.273 e. The Labute approximate surface area is 141 Å². The van der Waals surface area contributed by atoms with E-state index in [1.54, 1.807) is 20.0 Å². The van der Waals surface area contributed by atoms with Crippen LogP contribution in [0.2, 0.25) is 0 Å². The molecular formula is C16H20N4O3S. The highest BCUT2D eigenvalue weighted by atomic mass is 32.2. The lowest BCUT2D eigenvalue weighted by atomic mass is 10.00. The van der Waals surface area contributed by atoms with E-state index in [1.165, 1.54) is 4.68 Å². The van der Waals surface area contributed by atoms with E-state index in [0.717, 1.165) is 5.69 Å². The minimum Gasteiger partial charge on any atom is -0.348 e. The van der Waals surface area contributed by atoms with Crippen molar-refractivity contribution in [1.82, 2.24) is 20.3 Å². The first-order valence-electron chi connectivity index (χ1n) is 7.79. The van der Waals surface area contributed by atoms with Crippen LogP contribution in [0.5, 0.6) is 0 Å². The molecule has 3 rings (SSSR count). The Bertz CT molecular complexity index is 843. The quantitative estimate of drug-likeness (QED) is 0.904. The largest absolute Gasteiger partial charge is 0.348 e. The number of para-hydroxylation sites is 1. The Kier molecular flexibility index (Phi) is 4.16. The molecule has 1 unspecified atom stereocenters. The van der Waals surface area contributed by atoms with Crippen LogP contribution in [0.4, 0.5) is 0 Å². The van der Waals surface area contributed by atoms with Crippen molar-refractivity contribution in [3.63, 3.8) is 0 Å².